The van der Waals surface area contributed by atoms with E-state index in [2.05, 4.69) is 21.0 Å². The summed E-state index contributed by atoms with van der Waals surface area (Å²) in [6.07, 6.45) is 0. The van der Waals surface area contributed by atoms with Crippen molar-refractivity contribution in [2.75, 3.05) is 5.73 Å². The zero-order valence-corrected chi connectivity index (χ0v) is 13.3. The molecule has 0 radical (unpaired) electrons. The first kappa shape index (κ1) is 15.4. The van der Waals surface area contributed by atoms with Crippen molar-refractivity contribution in [3.05, 3.63) is 39.6 Å². The normalized spacial score (nSPS) is 10.6. The van der Waals surface area contributed by atoms with Crippen molar-refractivity contribution < 1.29 is 14.6 Å². The van der Waals surface area contributed by atoms with E-state index in [4.69, 9.17) is 15.6 Å². The van der Waals surface area contributed by atoms with E-state index in [0.717, 1.165) is 15.9 Å². The van der Waals surface area contributed by atoms with Crippen LogP contribution < -0.4 is 10.5 Å². The molecule has 0 saturated carbocycles. The van der Waals surface area contributed by atoms with E-state index in [1.54, 1.807) is 0 Å². The predicted molar refractivity (Wildman–Crippen MR) is 82.5 cm³/mol. The average molecular weight is 354 g/mol. The number of nitrogens with zero attached hydrogens (tertiary/aromatic N) is 2. The summed E-state index contributed by atoms with van der Waals surface area (Å²) in [7, 11) is 0. The molecule has 0 fully saturated rings. The van der Waals surface area contributed by atoms with Gasteiger partial charge in [-0.3, -0.25) is 4.68 Å². The summed E-state index contributed by atoms with van der Waals surface area (Å²) in [6, 6.07) is 4.48. The van der Waals surface area contributed by atoms with Gasteiger partial charge >= 0.3 is 5.97 Å². The minimum absolute atomic E-state index is 0.0830. The number of hydrogen-bond acceptors (Lipinski definition) is 4. The van der Waals surface area contributed by atoms with Gasteiger partial charge in [-0.1, -0.05) is 0 Å². The topological polar surface area (TPSA) is 90.4 Å². The third kappa shape index (κ3) is 3.18. The van der Waals surface area contributed by atoms with Crippen LogP contribution in [0.25, 0.3) is 0 Å². The Morgan fingerprint density at radius 1 is 1.52 bits per heavy atom. The summed E-state index contributed by atoms with van der Waals surface area (Å²) in [6.45, 7) is 4.78. The van der Waals surface area contributed by atoms with Crippen LogP contribution in [-0.4, -0.2) is 20.9 Å². The maximum atomic E-state index is 11.2. The van der Waals surface area contributed by atoms with E-state index in [1.807, 2.05) is 18.5 Å². The largest absolute Gasteiger partial charge is 0.486 e. The number of aromatic carboxylic acids is 1. The van der Waals surface area contributed by atoms with Crippen LogP contribution in [0.5, 0.6) is 5.75 Å². The van der Waals surface area contributed by atoms with Crippen LogP contribution in [0.2, 0.25) is 0 Å². The van der Waals surface area contributed by atoms with Crippen molar-refractivity contribution in [1.82, 2.24) is 9.78 Å². The van der Waals surface area contributed by atoms with Crippen molar-refractivity contribution in [3.63, 3.8) is 0 Å². The lowest BCUT2D eigenvalue weighted by atomic mass is 10.2. The maximum Gasteiger partial charge on any atom is 0.339 e. The molecule has 1 aromatic carbocycles. The lowest BCUT2D eigenvalue weighted by Crippen LogP contribution is -2.09. The lowest BCUT2D eigenvalue weighted by Gasteiger charge is -2.11. The van der Waals surface area contributed by atoms with Crippen molar-refractivity contribution in [2.24, 2.45) is 0 Å². The molecule has 2 rings (SSSR count). The van der Waals surface area contributed by atoms with Gasteiger partial charge in [0.05, 0.1) is 15.9 Å². The highest BCUT2D eigenvalue weighted by Gasteiger charge is 2.16. The fourth-order valence-corrected chi connectivity index (χ4v) is 2.39. The number of halogens is 1. The SMILES string of the molecule is CCn1nc(C)c(Br)c1COc1cc(N)ccc1C(=O)O. The van der Waals surface area contributed by atoms with Gasteiger partial charge in [-0.05, 0) is 41.9 Å². The minimum atomic E-state index is -1.05. The molecular weight excluding hydrogens is 338 g/mol. The molecule has 21 heavy (non-hydrogen) atoms. The van der Waals surface area contributed by atoms with Gasteiger partial charge in [0.2, 0.25) is 0 Å². The second kappa shape index (κ2) is 6.17. The third-order valence-corrected chi connectivity index (χ3v) is 4.08. The third-order valence-electron chi connectivity index (χ3n) is 3.05. The summed E-state index contributed by atoms with van der Waals surface area (Å²) >= 11 is 3.47. The molecule has 1 aromatic heterocycles. The molecule has 2 aromatic rings. The van der Waals surface area contributed by atoms with Crippen LogP contribution in [-0.2, 0) is 13.2 Å². The molecule has 0 unspecified atom stereocenters. The van der Waals surface area contributed by atoms with Crippen LogP contribution in [0.15, 0.2) is 22.7 Å². The second-order valence-corrected chi connectivity index (χ2v) is 5.30. The molecule has 7 heteroatoms. The minimum Gasteiger partial charge on any atom is -0.486 e. The van der Waals surface area contributed by atoms with Gasteiger partial charge in [0.1, 0.15) is 17.9 Å². The van der Waals surface area contributed by atoms with Gasteiger partial charge in [-0.15, -0.1) is 0 Å². The Balaban J connectivity index is 2.28. The highest BCUT2D eigenvalue weighted by molar-refractivity contribution is 9.10. The summed E-state index contributed by atoms with van der Waals surface area (Å²) < 4.78 is 8.33. The van der Waals surface area contributed by atoms with Crippen molar-refractivity contribution >= 4 is 27.6 Å². The number of rotatable bonds is 5. The molecular formula is C14H16BrN3O3. The van der Waals surface area contributed by atoms with Gasteiger partial charge in [-0.25, -0.2) is 4.79 Å². The standard InChI is InChI=1S/C14H16BrN3O3/c1-3-18-11(13(15)8(2)17-18)7-21-12-6-9(16)4-5-10(12)14(19)20/h4-6H,3,7,16H2,1-2H3,(H,19,20). The van der Waals surface area contributed by atoms with Gasteiger partial charge in [0.25, 0.3) is 0 Å². The number of aryl methyl sites for hydroxylation is 2. The number of carboxylic acids is 1. The number of benzene rings is 1. The Labute approximate surface area is 130 Å². The number of ether oxygens (including phenoxy) is 1. The molecule has 0 aliphatic carbocycles. The smallest absolute Gasteiger partial charge is 0.339 e. The first-order valence-corrected chi connectivity index (χ1v) is 7.20. The molecule has 0 saturated heterocycles. The Bertz CT molecular complexity index is 682. The zero-order valence-electron chi connectivity index (χ0n) is 11.8. The van der Waals surface area contributed by atoms with Gasteiger partial charge in [-0.2, -0.15) is 5.10 Å². The van der Waals surface area contributed by atoms with E-state index in [1.165, 1.54) is 18.2 Å². The number of aromatic nitrogens is 2. The van der Waals surface area contributed by atoms with Gasteiger partial charge in [0.15, 0.2) is 0 Å². The highest BCUT2D eigenvalue weighted by atomic mass is 79.9. The molecule has 0 atom stereocenters. The Morgan fingerprint density at radius 2 is 2.24 bits per heavy atom. The van der Waals surface area contributed by atoms with Gasteiger partial charge < -0.3 is 15.6 Å². The number of carbonyl (C=O) groups is 1. The molecule has 0 aliphatic rings. The van der Waals surface area contributed by atoms with Crippen LogP contribution in [0.1, 0.15) is 28.7 Å². The monoisotopic (exact) mass is 353 g/mol. The molecule has 0 bridgehead atoms. The first-order chi connectivity index (χ1) is 9.93. The van der Waals surface area contributed by atoms with E-state index in [-0.39, 0.29) is 17.9 Å². The summed E-state index contributed by atoms with van der Waals surface area (Å²) in [5.41, 5.74) is 7.94. The first-order valence-electron chi connectivity index (χ1n) is 6.41. The second-order valence-electron chi connectivity index (χ2n) is 4.51. The highest BCUT2D eigenvalue weighted by Crippen LogP contribution is 2.26. The van der Waals surface area contributed by atoms with Crippen molar-refractivity contribution in [2.45, 2.75) is 27.0 Å². The molecule has 112 valence electrons. The fraction of sp³-hybridized carbons (Fsp3) is 0.286. The molecule has 0 spiro atoms. The summed E-state index contributed by atoms with van der Waals surface area (Å²) in [5.74, 6) is -0.805. The quantitative estimate of drug-likeness (QED) is 0.806. The number of anilines is 1. The molecule has 1 heterocycles. The molecule has 3 N–H and O–H groups in total. The number of nitrogen functional groups attached to an aromatic ring is 1. The zero-order chi connectivity index (χ0) is 15.6. The number of hydrogen-bond donors (Lipinski definition) is 2. The van der Waals surface area contributed by atoms with Crippen LogP contribution in [0, 0.1) is 6.92 Å². The Kier molecular flexibility index (Phi) is 4.52. The number of carboxylic acid groups (broad SMARTS) is 1. The molecule has 0 aliphatic heterocycles. The summed E-state index contributed by atoms with van der Waals surface area (Å²) in [5, 5.41) is 13.5. The van der Waals surface area contributed by atoms with E-state index in [0.29, 0.717) is 12.2 Å². The predicted octanol–water partition coefficient (Wildman–Crippen LogP) is 2.83. The fourth-order valence-electron chi connectivity index (χ4n) is 1.99. The van der Waals surface area contributed by atoms with Crippen molar-refractivity contribution in [1.29, 1.82) is 0 Å². The average Bonchev–Trinajstić information content (AvgIpc) is 2.71. The Morgan fingerprint density at radius 3 is 2.86 bits per heavy atom. The summed E-state index contributed by atoms with van der Waals surface area (Å²) in [4.78, 5) is 11.2. The van der Waals surface area contributed by atoms with E-state index in [9.17, 15) is 4.79 Å². The Hall–Kier alpha value is -2.02. The molecule has 0 amide bonds. The van der Waals surface area contributed by atoms with Crippen LogP contribution in [0.3, 0.4) is 0 Å². The maximum absolute atomic E-state index is 11.2. The van der Waals surface area contributed by atoms with Crippen LogP contribution in [0.4, 0.5) is 5.69 Å². The molecule has 6 nitrogen and oxygen atoms in total. The van der Waals surface area contributed by atoms with Crippen LogP contribution >= 0.6 is 15.9 Å². The van der Waals surface area contributed by atoms with E-state index < -0.39 is 5.97 Å². The number of nitrogens with two attached hydrogens (primary N) is 1. The lowest BCUT2D eigenvalue weighted by molar-refractivity contribution is 0.0691. The van der Waals surface area contributed by atoms with Gasteiger partial charge in [0, 0.05) is 18.3 Å². The van der Waals surface area contributed by atoms with E-state index >= 15 is 0 Å². The van der Waals surface area contributed by atoms with Crippen molar-refractivity contribution in [3.8, 4) is 5.75 Å².